The molecular weight excluding hydrogens is 335 g/mol. The minimum atomic E-state index is -1.64. The fourth-order valence-electron chi connectivity index (χ4n) is 3.18. The molecule has 0 spiro atoms. The fourth-order valence-corrected chi connectivity index (χ4v) is 3.48. The largest absolute Gasteiger partial charge is 0.479 e. The molecule has 5 nitrogen and oxygen atoms in total. The molecule has 0 aromatic heterocycles. The monoisotopic (exact) mass is 348 g/mol. The molecule has 3 rings (SSSR count). The zero-order valence-corrected chi connectivity index (χ0v) is 13.2. The van der Waals surface area contributed by atoms with E-state index in [0.29, 0.717) is 18.5 Å². The van der Waals surface area contributed by atoms with Gasteiger partial charge in [-0.25, -0.2) is 9.18 Å². The van der Waals surface area contributed by atoms with Gasteiger partial charge in [0.05, 0.1) is 10.6 Å². The predicted molar refractivity (Wildman–Crippen MR) is 86.5 cm³/mol. The number of carbonyl (C=O) groups excluding carboxylic acids is 1. The van der Waals surface area contributed by atoms with E-state index in [1.807, 2.05) is 12.1 Å². The summed E-state index contributed by atoms with van der Waals surface area (Å²) in [5, 5.41) is 12.7. The number of carbonyl (C=O) groups is 2. The number of aliphatic carboxylic acids is 1. The van der Waals surface area contributed by atoms with Gasteiger partial charge in [-0.3, -0.25) is 10.1 Å². The van der Waals surface area contributed by atoms with Crippen molar-refractivity contribution >= 4 is 23.5 Å². The highest BCUT2D eigenvalue weighted by Gasteiger charge is 2.46. The van der Waals surface area contributed by atoms with Gasteiger partial charge in [0.25, 0.3) is 5.91 Å². The molecule has 1 aliphatic rings. The second-order valence-corrected chi connectivity index (χ2v) is 5.98. The Hall–Kier alpha value is -2.44. The van der Waals surface area contributed by atoms with E-state index in [0.717, 1.165) is 11.6 Å². The third kappa shape index (κ3) is 2.35. The number of benzene rings is 2. The lowest BCUT2D eigenvalue weighted by atomic mass is 9.77. The normalized spacial score (nSPS) is 19.6. The molecule has 4 N–H and O–H groups in total. The van der Waals surface area contributed by atoms with Crippen molar-refractivity contribution in [2.24, 2.45) is 5.73 Å². The number of carboxylic acid groups (broad SMARTS) is 1. The third-order valence-electron chi connectivity index (χ3n) is 4.25. The van der Waals surface area contributed by atoms with Crippen LogP contribution >= 0.6 is 11.6 Å². The number of halogens is 2. The highest BCUT2D eigenvalue weighted by atomic mass is 35.5. The van der Waals surface area contributed by atoms with Crippen LogP contribution in [0.15, 0.2) is 36.4 Å². The van der Waals surface area contributed by atoms with E-state index in [9.17, 15) is 19.1 Å². The smallest absolute Gasteiger partial charge is 0.333 e. The maximum absolute atomic E-state index is 14.3. The van der Waals surface area contributed by atoms with E-state index >= 15 is 0 Å². The standard InChI is InChI=1S/C17H14ClFN2O3/c18-12-7-10(8-13(19)14(12)15(20)22)17(16(23)24)11-4-2-1-3-9(11)5-6-21-17/h1-4,7-8,21H,5-6H2,(H2,20,22)(H,23,24)/t17-/m1/s1. The van der Waals surface area contributed by atoms with Crippen LogP contribution in [0.4, 0.5) is 4.39 Å². The number of hydrogen-bond acceptors (Lipinski definition) is 3. The van der Waals surface area contributed by atoms with Gasteiger partial charge in [0.1, 0.15) is 5.82 Å². The Labute approximate surface area is 142 Å². The molecule has 24 heavy (non-hydrogen) atoms. The van der Waals surface area contributed by atoms with Crippen molar-refractivity contribution in [1.29, 1.82) is 0 Å². The molecule has 0 saturated carbocycles. The maximum atomic E-state index is 14.3. The molecule has 0 aliphatic carbocycles. The van der Waals surface area contributed by atoms with Gasteiger partial charge < -0.3 is 10.8 Å². The Morgan fingerprint density at radius 2 is 2.00 bits per heavy atom. The molecule has 0 saturated heterocycles. The summed E-state index contributed by atoms with van der Waals surface area (Å²) >= 11 is 5.98. The SMILES string of the molecule is NC(=O)c1c(F)cc([C@@]2(C(=O)O)NCCc3ccccc32)cc1Cl. The molecule has 1 atom stereocenters. The zero-order chi connectivity index (χ0) is 17.5. The van der Waals surface area contributed by atoms with Crippen LogP contribution in [0.25, 0.3) is 0 Å². The average molecular weight is 349 g/mol. The van der Waals surface area contributed by atoms with Crippen LogP contribution in [0.1, 0.15) is 27.0 Å². The average Bonchev–Trinajstić information content (AvgIpc) is 2.52. The summed E-state index contributed by atoms with van der Waals surface area (Å²) < 4.78 is 14.3. The summed E-state index contributed by atoms with van der Waals surface area (Å²) in [4.78, 5) is 23.5. The summed E-state index contributed by atoms with van der Waals surface area (Å²) in [7, 11) is 0. The number of carboxylic acids is 1. The lowest BCUT2D eigenvalue weighted by molar-refractivity contribution is -0.143. The fraction of sp³-hybridized carbons (Fsp3) is 0.176. The first-order chi connectivity index (χ1) is 11.4. The molecule has 124 valence electrons. The first kappa shape index (κ1) is 16.4. The first-order valence-corrected chi connectivity index (χ1v) is 7.62. The topological polar surface area (TPSA) is 92.4 Å². The summed E-state index contributed by atoms with van der Waals surface area (Å²) in [5.74, 6) is -3.14. The highest BCUT2D eigenvalue weighted by Crippen LogP contribution is 2.37. The number of primary amides is 1. The summed E-state index contributed by atoms with van der Waals surface area (Å²) in [6.07, 6.45) is 0.654. The van der Waals surface area contributed by atoms with Gasteiger partial charge in [-0.1, -0.05) is 35.9 Å². The third-order valence-corrected chi connectivity index (χ3v) is 4.55. The number of fused-ring (bicyclic) bond motifs is 1. The Kier molecular flexibility index (Phi) is 4.03. The first-order valence-electron chi connectivity index (χ1n) is 7.24. The quantitative estimate of drug-likeness (QED) is 0.791. The van der Waals surface area contributed by atoms with Gasteiger partial charge in [0.2, 0.25) is 0 Å². The van der Waals surface area contributed by atoms with Gasteiger partial charge >= 0.3 is 5.97 Å². The van der Waals surface area contributed by atoms with E-state index in [2.05, 4.69) is 5.32 Å². The van der Waals surface area contributed by atoms with Crippen LogP contribution in [0.2, 0.25) is 5.02 Å². The van der Waals surface area contributed by atoms with E-state index < -0.39 is 28.8 Å². The van der Waals surface area contributed by atoms with Crippen LogP contribution < -0.4 is 11.1 Å². The molecule has 1 aliphatic heterocycles. The van der Waals surface area contributed by atoms with Crippen molar-refractivity contribution in [1.82, 2.24) is 5.32 Å². The van der Waals surface area contributed by atoms with Crippen molar-refractivity contribution in [2.45, 2.75) is 12.0 Å². The van der Waals surface area contributed by atoms with Gasteiger partial charge in [-0.15, -0.1) is 0 Å². The van der Waals surface area contributed by atoms with Gasteiger partial charge in [0.15, 0.2) is 5.54 Å². The number of rotatable bonds is 3. The highest BCUT2D eigenvalue weighted by molar-refractivity contribution is 6.34. The molecule has 2 aromatic carbocycles. The Morgan fingerprint density at radius 1 is 1.29 bits per heavy atom. The Morgan fingerprint density at radius 3 is 2.62 bits per heavy atom. The molecule has 0 fully saturated rings. The lowest BCUT2D eigenvalue weighted by Crippen LogP contribution is -2.54. The molecule has 0 unspecified atom stereocenters. The maximum Gasteiger partial charge on any atom is 0.333 e. The van der Waals surface area contributed by atoms with E-state index in [-0.39, 0.29) is 10.6 Å². The minimum Gasteiger partial charge on any atom is -0.479 e. The van der Waals surface area contributed by atoms with Crippen LogP contribution in [-0.2, 0) is 16.8 Å². The lowest BCUT2D eigenvalue weighted by Gasteiger charge is -2.37. The predicted octanol–water partition coefficient (Wildman–Crippen LogP) is 2.05. The number of nitrogens with one attached hydrogen (secondary N) is 1. The summed E-state index contributed by atoms with van der Waals surface area (Å²) in [6.45, 7) is 0.403. The van der Waals surface area contributed by atoms with Crippen molar-refractivity contribution in [3.63, 3.8) is 0 Å². The van der Waals surface area contributed by atoms with E-state index in [1.54, 1.807) is 12.1 Å². The molecule has 0 bridgehead atoms. The second kappa shape index (κ2) is 5.89. The van der Waals surface area contributed by atoms with Crippen LogP contribution in [0.3, 0.4) is 0 Å². The second-order valence-electron chi connectivity index (χ2n) is 5.57. The van der Waals surface area contributed by atoms with Gasteiger partial charge in [-0.05, 0) is 35.2 Å². The van der Waals surface area contributed by atoms with Gasteiger partial charge in [-0.2, -0.15) is 0 Å². The van der Waals surface area contributed by atoms with E-state index in [1.165, 1.54) is 6.07 Å². The molecule has 0 radical (unpaired) electrons. The molecule has 7 heteroatoms. The molecular formula is C17H14ClFN2O3. The minimum absolute atomic E-state index is 0.106. The van der Waals surface area contributed by atoms with Crippen molar-refractivity contribution in [3.8, 4) is 0 Å². The Bertz CT molecular complexity index is 832. The summed E-state index contributed by atoms with van der Waals surface area (Å²) in [5.41, 5.74) is 4.50. The molecule has 1 amide bonds. The van der Waals surface area contributed by atoms with Gasteiger partial charge in [0, 0.05) is 6.54 Å². The number of hydrogen-bond donors (Lipinski definition) is 3. The number of amides is 1. The van der Waals surface area contributed by atoms with Crippen LogP contribution in [0.5, 0.6) is 0 Å². The molecule has 2 aromatic rings. The van der Waals surface area contributed by atoms with Crippen molar-refractivity contribution in [3.05, 3.63) is 69.5 Å². The van der Waals surface area contributed by atoms with Crippen molar-refractivity contribution in [2.75, 3.05) is 6.54 Å². The Balaban J connectivity index is 2.29. The zero-order valence-electron chi connectivity index (χ0n) is 12.5. The molecule has 1 heterocycles. The summed E-state index contributed by atoms with van der Waals surface area (Å²) in [6, 6.07) is 9.33. The van der Waals surface area contributed by atoms with Crippen LogP contribution in [-0.4, -0.2) is 23.5 Å². The van der Waals surface area contributed by atoms with E-state index in [4.69, 9.17) is 17.3 Å². The van der Waals surface area contributed by atoms with Crippen molar-refractivity contribution < 1.29 is 19.1 Å². The number of nitrogens with two attached hydrogens (primary N) is 1. The van der Waals surface area contributed by atoms with Crippen LogP contribution in [0, 0.1) is 5.82 Å².